The fraction of sp³-hybridized carbons (Fsp3) is 0.0952. The van der Waals surface area contributed by atoms with Gasteiger partial charge in [0.1, 0.15) is 0 Å². The van der Waals surface area contributed by atoms with Crippen molar-refractivity contribution >= 4 is 28.5 Å². The molecule has 0 amide bonds. The third-order valence-corrected chi connectivity index (χ3v) is 5.17. The molecule has 0 unspecified atom stereocenters. The minimum Gasteiger partial charge on any atom is -0.258 e. The first-order valence-corrected chi connectivity index (χ1v) is 9.10. The maximum Gasteiger partial charge on any atom is 0.284 e. The molecule has 3 aromatic carbocycles. The molecule has 0 radical (unpaired) electrons. The minimum absolute atomic E-state index is 0.158. The maximum absolute atomic E-state index is 11.7. The second kappa shape index (κ2) is 7.10. The number of hydrogen-bond acceptors (Lipinski definition) is 7. The second-order valence-electron chi connectivity index (χ2n) is 7.09. The summed E-state index contributed by atoms with van der Waals surface area (Å²) >= 11 is 0. The van der Waals surface area contributed by atoms with Gasteiger partial charge in [0, 0.05) is 29.3 Å². The van der Waals surface area contributed by atoms with Gasteiger partial charge in [-0.3, -0.25) is 30.3 Å². The predicted octanol–water partition coefficient (Wildman–Crippen LogP) is 5.18. The van der Waals surface area contributed by atoms with Crippen LogP contribution in [-0.4, -0.2) is 20.5 Å². The highest BCUT2D eigenvalue weighted by Crippen LogP contribution is 2.46. The molecule has 0 spiro atoms. The van der Waals surface area contributed by atoms with Crippen molar-refractivity contribution in [1.82, 2.24) is 0 Å². The monoisotopic (exact) mass is 418 g/mol. The van der Waals surface area contributed by atoms with Crippen LogP contribution in [0.5, 0.6) is 0 Å². The Hall–Kier alpha value is -4.47. The molecule has 0 atom stereocenters. The van der Waals surface area contributed by atoms with E-state index in [0.717, 1.165) is 17.2 Å². The summed E-state index contributed by atoms with van der Waals surface area (Å²) in [6.45, 7) is 3.68. The number of aliphatic imine (C=N–C) groups is 1. The Bertz CT molecular complexity index is 1330. The van der Waals surface area contributed by atoms with E-state index in [1.54, 1.807) is 0 Å². The number of benzene rings is 3. The van der Waals surface area contributed by atoms with Crippen LogP contribution in [0, 0.1) is 44.2 Å². The van der Waals surface area contributed by atoms with Crippen molar-refractivity contribution in [1.29, 1.82) is 0 Å². The molecular formula is C21H14N4O6. The van der Waals surface area contributed by atoms with E-state index in [4.69, 9.17) is 4.99 Å². The van der Waals surface area contributed by atoms with Crippen LogP contribution in [-0.2, 0) is 0 Å². The number of para-hydroxylation sites is 1. The van der Waals surface area contributed by atoms with Crippen molar-refractivity contribution in [2.24, 2.45) is 4.99 Å². The van der Waals surface area contributed by atoms with E-state index in [-0.39, 0.29) is 22.5 Å². The van der Waals surface area contributed by atoms with Gasteiger partial charge in [-0.25, -0.2) is 4.99 Å². The molecule has 10 nitrogen and oxygen atoms in total. The van der Waals surface area contributed by atoms with E-state index in [0.29, 0.717) is 16.8 Å². The Kier molecular flexibility index (Phi) is 4.54. The maximum atomic E-state index is 11.7. The molecule has 4 rings (SSSR count). The van der Waals surface area contributed by atoms with Gasteiger partial charge in [-0.1, -0.05) is 18.2 Å². The minimum atomic E-state index is -0.713. The summed E-state index contributed by atoms with van der Waals surface area (Å²) in [7, 11) is 0. The summed E-state index contributed by atoms with van der Waals surface area (Å²) < 4.78 is 0. The number of rotatable bonds is 4. The van der Waals surface area contributed by atoms with Crippen LogP contribution in [0.2, 0.25) is 0 Å². The van der Waals surface area contributed by atoms with Gasteiger partial charge < -0.3 is 0 Å². The van der Waals surface area contributed by atoms with Crippen LogP contribution in [0.4, 0.5) is 22.7 Å². The summed E-state index contributed by atoms with van der Waals surface area (Å²) in [6, 6.07) is 11.6. The Labute approximate surface area is 174 Å². The predicted molar refractivity (Wildman–Crippen MR) is 113 cm³/mol. The summed E-state index contributed by atoms with van der Waals surface area (Å²) in [4.78, 5) is 37.2. The fourth-order valence-electron chi connectivity index (χ4n) is 3.75. The molecule has 0 aliphatic heterocycles. The Morgan fingerprint density at radius 1 is 0.710 bits per heavy atom. The summed E-state index contributed by atoms with van der Waals surface area (Å²) in [5, 5.41) is 34.5. The zero-order valence-electron chi connectivity index (χ0n) is 16.4. The lowest BCUT2D eigenvalue weighted by Gasteiger charge is -2.08. The first-order valence-electron chi connectivity index (χ1n) is 9.10. The van der Waals surface area contributed by atoms with E-state index in [9.17, 15) is 30.3 Å². The SMILES string of the molecule is Cc1cccc(C)c1N=C1c2cc([N+](=O)[O-])ccc2-c2c1cc([N+](=O)[O-])cc2[N+](=O)[O-]. The largest absolute Gasteiger partial charge is 0.284 e. The molecule has 0 N–H and O–H groups in total. The molecule has 154 valence electrons. The zero-order valence-corrected chi connectivity index (χ0v) is 16.4. The Morgan fingerprint density at radius 3 is 1.90 bits per heavy atom. The highest BCUT2D eigenvalue weighted by atomic mass is 16.6. The molecule has 0 bridgehead atoms. The molecule has 0 saturated heterocycles. The van der Waals surface area contributed by atoms with Gasteiger partial charge >= 0.3 is 0 Å². The lowest BCUT2D eigenvalue weighted by atomic mass is 10.0. The first kappa shape index (κ1) is 19.8. The van der Waals surface area contributed by atoms with E-state index >= 15 is 0 Å². The average molecular weight is 418 g/mol. The normalized spacial score (nSPS) is 13.0. The van der Waals surface area contributed by atoms with E-state index in [2.05, 4.69) is 0 Å². The Morgan fingerprint density at radius 2 is 1.32 bits per heavy atom. The van der Waals surface area contributed by atoms with E-state index in [1.807, 2.05) is 32.0 Å². The molecule has 3 aromatic rings. The van der Waals surface area contributed by atoms with Gasteiger partial charge in [-0.05, 0) is 36.6 Å². The molecule has 0 heterocycles. The third-order valence-electron chi connectivity index (χ3n) is 5.17. The first-order chi connectivity index (χ1) is 14.7. The molecule has 10 heteroatoms. The number of nitro benzene ring substituents is 3. The van der Waals surface area contributed by atoms with Crippen molar-refractivity contribution in [2.75, 3.05) is 0 Å². The van der Waals surface area contributed by atoms with Gasteiger partial charge in [-0.15, -0.1) is 0 Å². The van der Waals surface area contributed by atoms with Crippen LogP contribution in [0.25, 0.3) is 11.1 Å². The number of nitrogens with zero attached hydrogens (tertiary/aromatic N) is 4. The summed E-state index contributed by atoms with van der Waals surface area (Å²) in [5.41, 5.74) is 2.38. The van der Waals surface area contributed by atoms with Crippen molar-refractivity contribution in [3.05, 3.63) is 101 Å². The number of non-ortho nitro benzene ring substituents is 2. The van der Waals surface area contributed by atoms with Crippen molar-refractivity contribution in [3.63, 3.8) is 0 Å². The second-order valence-corrected chi connectivity index (χ2v) is 7.09. The van der Waals surface area contributed by atoms with Crippen LogP contribution in [0.15, 0.2) is 53.5 Å². The van der Waals surface area contributed by atoms with E-state index in [1.165, 1.54) is 24.3 Å². The lowest BCUT2D eigenvalue weighted by Crippen LogP contribution is -2.02. The molecule has 1 aliphatic carbocycles. The Balaban J connectivity index is 2.13. The molecular weight excluding hydrogens is 404 g/mol. The van der Waals surface area contributed by atoms with E-state index < -0.39 is 26.1 Å². The average Bonchev–Trinajstić information content (AvgIpc) is 3.02. The zero-order chi connectivity index (χ0) is 22.4. The van der Waals surface area contributed by atoms with Crippen LogP contribution in [0.1, 0.15) is 22.3 Å². The highest BCUT2D eigenvalue weighted by Gasteiger charge is 2.36. The quantitative estimate of drug-likeness (QED) is 0.330. The fourth-order valence-corrected chi connectivity index (χ4v) is 3.75. The number of nitro groups is 3. The summed E-state index contributed by atoms with van der Waals surface area (Å²) in [6.07, 6.45) is 0. The smallest absolute Gasteiger partial charge is 0.258 e. The van der Waals surface area contributed by atoms with Gasteiger partial charge in [-0.2, -0.15) is 0 Å². The lowest BCUT2D eigenvalue weighted by molar-refractivity contribution is -0.393. The molecule has 0 aromatic heterocycles. The molecule has 0 fully saturated rings. The highest BCUT2D eigenvalue weighted by molar-refractivity contribution is 6.27. The molecule has 1 aliphatic rings. The summed E-state index contributed by atoms with van der Waals surface area (Å²) in [5.74, 6) is 0. The standard InChI is InChI=1S/C21H14N4O6/c1-11-4-3-5-12(2)20(11)22-21-16-8-13(23(26)27)6-7-15(16)19-17(21)9-14(24(28)29)10-18(19)25(30)31/h3-10H,1-2H3. The topological polar surface area (TPSA) is 142 Å². The molecule has 0 saturated carbocycles. The number of hydrogen-bond donors (Lipinski definition) is 0. The van der Waals surface area contributed by atoms with Gasteiger partial charge in [0.25, 0.3) is 17.1 Å². The third kappa shape index (κ3) is 3.19. The molecule has 31 heavy (non-hydrogen) atoms. The number of fused-ring (bicyclic) bond motifs is 3. The van der Waals surface area contributed by atoms with Crippen LogP contribution >= 0.6 is 0 Å². The van der Waals surface area contributed by atoms with Gasteiger partial charge in [0.15, 0.2) is 0 Å². The van der Waals surface area contributed by atoms with Crippen LogP contribution in [0.3, 0.4) is 0 Å². The van der Waals surface area contributed by atoms with Crippen molar-refractivity contribution in [3.8, 4) is 11.1 Å². The number of aryl methyl sites for hydroxylation is 2. The van der Waals surface area contributed by atoms with Gasteiger partial charge in [0.05, 0.1) is 37.8 Å². The van der Waals surface area contributed by atoms with Crippen LogP contribution < -0.4 is 0 Å². The van der Waals surface area contributed by atoms with Gasteiger partial charge in [0.2, 0.25) is 0 Å². The van der Waals surface area contributed by atoms with Crippen molar-refractivity contribution < 1.29 is 14.8 Å². The van der Waals surface area contributed by atoms with Crippen molar-refractivity contribution in [2.45, 2.75) is 13.8 Å².